The van der Waals surface area contributed by atoms with Gasteiger partial charge in [-0.05, 0) is 25.0 Å². The summed E-state index contributed by atoms with van der Waals surface area (Å²) < 4.78 is 5.78. The molecule has 0 N–H and O–H groups in total. The number of azo groups is 1. The average Bonchev–Trinajstić information content (AvgIpc) is 2.66. The van der Waals surface area contributed by atoms with E-state index in [1.807, 2.05) is 17.1 Å². The minimum atomic E-state index is -0.120. The van der Waals surface area contributed by atoms with Crippen LogP contribution in [0.4, 0.5) is 0 Å². The molecule has 0 bridgehead atoms. The van der Waals surface area contributed by atoms with E-state index in [4.69, 9.17) is 4.74 Å². The molecule has 0 fully saturated rings. The second kappa shape index (κ2) is 11.6. The Morgan fingerprint density at radius 1 is 0.920 bits per heavy atom. The van der Waals surface area contributed by atoms with E-state index in [9.17, 15) is 0 Å². The molecule has 5 nitrogen and oxygen atoms in total. The van der Waals surface area contributed by atoms with Gasteiger partial charge in [0.25, 0.3) is 0 Å². The molecule has 1 aliphatic heterocycles. The summed E-state index contributed by atoms with van der Waals surface area (Å²) in [6.45, 7) is 6.14. The summed E-state index contributed by atoms with van der Waals surface area (Å²) >= 11 is 0. The summed E-state index contributed by atoms with van der Waals surface area (Å²) in [4.78, 5) is 0. The molecule has 0 radical (unpaired) electrons. The van der Waals surface area contributed by atoms with Crippen molar-refractivity contribution in [1.82, 2.24) is 5.01 Å². The van der Waals surface area contributed by atoms with Crippen LogP contribution in [-0.4, -0.2) is 24.5 Å². The van der Waals surface area contributed by atoms with E-state index in [2.05, 4.69) is 41.3 Å². The first-order chi connectivity index (χ1) is 12.3. The molecule has 1 aromatic carbocycles. The normalized spacial score (nSPS) is 16.4. The van der Waals surface area contributed by atoms with Crippen LogP contribution in [0.15, 0.2) is 39.6 Å². The first kappa shape index (κ1) is 19.4. The highest BCUT2D eigenvalue weighted by atomic mass is 16.5. The van der Waals surface area contributed by atoms with Gasteiger partial charge in [-0.25, -0.2) is 0 Å². The Kier molecular flexibility index (Phi) is 9.02. The Balaban J connectivity index is 1.84. The largest absolute Gasteiger partial charge is 0.494 e. The molecule has 25 heavy (non-hydrogen) atoms. The lowest BCUT2D eigenvalue weighted by molar-refractivity contribution is 0.195. The number of rotatable bonds is 12. The molecule has 1 aliphatic rings. The molecule has 0 saturated heterocycles. The Labute approximate surface area is 152 Å². The van der Waals surface area contributed by atoms with Gasteiger partial charge in [0.05, 0.1) is 6.61 Å². The van der Waals surface area contributed by atoms with Crippen LogP contribution in [0.5, 0.6) is 5.75 Å². The molecule has 1 heterocycles. The van der Waals surface area contributed by atoms with Gasteiger partial charge in [0, 0.05) is 12.1 Å². The summed E-state index contributed by atoms with van der Waals surface area (Å²) in [7, 11) is 0. The minimum Gasteiger partial charge on any atom is -0.494 e. The van der Waals surface area contributed by atoms with Crippen LogP contribution in [-0.2, 0) is 0 Å². The second-order valence-electron chi connectivity index (χ2n) is 6.54. The quantitative estimate of drug-likeness (QED) is 0.441. The van der Waals surface area contributed by atoms with Crippen molar-refractivity contribution in [1.29, 1.82) is 0 Å². The molecule has 1 atom stereocenters. The van der Waals surface area contributed by atoms with Gasteiger partial charge in [0.15, 0.2) is 12.5 Å². The maximum Gasteiger partial charge on any atom is 0.183 e. The number of hydrazone groups is 1. The maximum absolute atomic E-state index is 5.78. The summed E-state index contributed by atoms with van der Waals surface area (Å²) in [5, 5.41) is 14.8. The van der Waals surface area contributed by atoms with Gasteiger partial charge in [-0.2, -0.15) is 10.2 Å². The Hall–Kier alpha value is -1.91. The molecule has 0 aromatic heterocycles. The summed E-state index contributed by atoms with van der Waals surface area (Å²) in [6.07, 6.45) is 11.2. The van der Waals surface area contributed by atoms with Crippen LogP contribution in [0.25, 0.3) is 0 Å². The molecule has 0 aliphatic carbocycles. The first-order valence-electron chi connectivity index (χ1n) is 9.77. The number of hydrogen-bond donors (Lipinski definition) is 0. The van der Waals surface area contributed by atoms with E-state index < -0.39 is 0 Å². The predicted octanol–water partition coefficient (Wildman–Crippen LogP) is 5.94. The van der Waals surface area contributed by atoms with E-state index in [0.717, 1.165) is 37.3 Å². The van der Waals surface area contributed by atoms with Gasteiger partial charge in [0.2, 0.25) is 0 Å². The fraction of sp³-hybridized carbons (Fsp3) is 0.650. The molecule has 2 rings (SSSR count). The lowest BCUT2D eigenvalue weighted by Gasteiger charge is -2.27. The molecular formula is C20H32N4O. The fourth-order valence-corrected chi connectivity index (χ4v) is 2.88. The molecule has 0 amide bonds. The molecule has 0 saturated carbocycles. The number of hydrogen-bond acceptors (Lipinski definition) is 5. The molecular weight excluding hydrogens is 312 g/mol. The topological polar surface area (TPSA) is 49.5 Å². The third-order valence-corrected chi connectivity index (χ3v) is 4.40. The fourth-order valence-electron chi connectivity index (χ4n) is 2.88. The zero-order valence-corrected chi connectivity index (χ0v) is 15.7. The van der Waals surface area contributed by atoms with Crippen molar-refractivity contribution < 1.29 is 4.74 Å². The number of benzene rings is 1. The van der Waals surface area contributed by atoms with Crippen molar-refractivity contribution in [2.24, 2.45) is 15.3 Å². The van der Waals surface area contributed by atoms with Gasteiger partial charge >= 0.3 is 0 Å². The van der Waals surface area contributed by atoms with E-state index in [0.29, 0.717) is 0 Å². The number of unbranched alkanes of at least 4 members (excludes halogenated alkanes) is 6. The van der Waals surface area contributed by atoms with Crippen molar-refractivity contribution in [2.75, 3.05) is 13.2 Å². The summed E-state index contributed by atoms with van der Waals surface area (Å²) in [5.41, 5.74) is 1.11. The minimum absolute atomic E-state index is 0.120. The highest BCUT2D eigenvalue weighted by Gasteiger charge is 2.20. The zero-order chi connectivity index (χ0) is 17.7. The molecule has 0 spiro atoms. The third-order valence-electron chi connectivity index (χ3n) is 4.40. The Morgan fingerprint density at radius 3 is 2.40 bits per heavy atom. The van der Waals surface area contributed by atoms with Crippen molar-refractivity contribution in [3.05, 3.63) is 29.8 Å². The monoisotopic (exact) mass is 344 g/mol. The van der Waals surface area contributed by atoms with Gasteiger partial charge in [-0.3, -0.25) is 5.01 Å². The van der Waals surface area contributed by atoms with Gasteiger partial charge in [-0.15, -0.1) is 5.11 Å². The highest BCUT2D eigenvalue weighted by molar-refractivity contribution is 5.54. The van der Waals surface area contributed by atoms with E-state index in [1.165, 1.54) is 44.9 Å². The van der Waals surface area contributed by atoms with Crippen LogP contribution in [0.1, 0.15) is 76.9 Å². The van der Waals surface area contributed by atoms with Gasteiger partial charge < -0.3 is 4.74 Å². The van der Waals surface area contributed by atoms with E-state index >= 15 is 0 Å². The Bertz CT molecular complexity index is 527. The van der Waals surface area contributed by atoms with Crippen molar-refractivity contribution in [2.45, 2.75) is 71.4 Å². The van der Waals surface area contributed by atoms with Crippen molar-refractivity contribution >= 4 is 6.34 Å². The van der Waals surface area contributed by atoms with E-state index in [-0.39, 0.29) is 6.17 Å². The predicted molar refractivity (Wildman–Crippen MR) is 103 cm³/mol. The van der Waals surface area contributed by atoms with Gasteiger partial charge in [-0.1, -0.05) is 64.5 Å². The standard InChI is InChI=1S/C20H32N4O/c1-3-5-7-8-9-15-24-20(23-21-17-22-24)18-11-13-19(14-12-18)25-16-10-6-4-2/h11-14,17,20H,3-10,15-16H2,1-2H3. The van der Waals surface area contributed by atoms with Crippen LogP contribution < -0.4 is 4.74 Å². The molecule has 5 heteroatoms. The average molecular weight is 345 g/mol. The number of ether oxygens (including phenoxy) is 1. The third kappa shape index (κ3) is 6.85. The van der Waals surface area contributed by atoms with Crippen LogP contribution in [0.2, 0.25) is 0 Å². The van der Waals surface area contributed by atoms with Crippen LogP contribution in [0.3, 0.4) is 0 Å². The van der Waals surface area contributed by atoms with Gasteiger partial charge in [0.1, 0.15) is 5.75 Å². The summed E-state index contributed by atoms with van der Waals surface area (Å²) in [5.74, 6) is 0.919. The lowest BCUT2D eigenvalue weighted by Crippen LogP contribution is -2.25. The summed E-state index contributed by atoms with van der Waals surface area (Å²) in [6, 6.07) is 8.19. The van der Waals surface area contributed by atoms with E-state index in [1.54, 1.807) is 0 Å². The van der Waals surface area contributed by atoms with Crippen LogP contribution in [0, 0.1) is 0 Å². The SMILES string of the molecule is CCCCCCCN1N=CN=NC1c1ccc(OCCCCC)cc1. The highest BCUT2D eigenvalue weighted by Crippen LogP contribution is 2.27. The zero-order valence-electron chi connectivity index (χ0n) is 15.7. The Morgan fingerprint density at radius 2 is 1.64 bits per heavy atom. The van der Waals surface area contributed by atoms with Crippen molar-refractivity contribution in [3.8, 4) is 5.75 Å². The van der Waals surface area contributed by atoms with Crippen LogP contribution >= 0.6 is 0 Å². The number of nitrogens with zero attached hydrogens (tertiary/aromatic N) is 4. The van der Waals surface area contributed by atoms with Crippen molar-refractivity contribution in [3.63, 3.8) is 0 Å². The lowest BCUT2D eigenvalue weighted by atomic mass is 10.1. The second-order valence-corrected chi connectivity index (χ2v) is 6.54. The molecule has 138 valence electrons. The first-order valence-corrected chi connectivity index (χ1v) is 9.77. The maximum atomic E-state index is 5.78. The molecule has 1 aromatic rings. The molecule has 1 unspecified atom stereocenters. The smallest absolute Gasteiger partial charge is 0.183 e.